The number of benzene rings is 2. The van der Waals surface area contributed by atoms with Gasteiger partial charge in [0.05, 0.1) is 0 Å². The molecule has 0 spiro atoms. The van der Waals surface area contributed by atoms with Crippen LogP contribution in [0.5, 0.6) is 0 Å². The minimum Gasteiger partial charge on any atom is -0.335 e. The van der Waals surface area contributed by atoms with Crippen LogP contribution in [0.2, 0.25) is 0 Å². The Morgan fingerprint density at radius 3 is 2.56 bits per heavy atom. The van der Waals surface area contributed by atoms with Crippen molar-refractivity contribution in [2.24, 2.45) is 0 Å². The number of hydrogen-bond donors (Lipinski definition) is 1. The molecule has 4 heteroatoms. The van der Waals surface area contributed by atoms with Gasteiger partial charge >= 0.3 is 0 Å². The Kier molecular flexibility index (Phi) is 4.47. The van der Waals surface area contributed by atoms with Crippen LogP contribution >= 0.6 is 0 Å². The van der Waals surface area contributed by atoms with Crippen LogP contribution in [0, 0.1) is 6.92 Å². The summed E-state index contributed by atoms with van der Waals surface area (Å²) in [6, 6.07) is 21.7. The van der Waals surface area contributed by atoms with Gasteiger partial charge in [-0.3, -0.25) is 9.78 Å². The van der Waals surface area contributed by atoms with Crippen LogP contribution in [0.1, 0.15) is 18.7 Å². The summed E-state index contributed by atoms with van der Waals surface area (Å²) in [5, 5.41) is 4.15. The Bertz CT molecular complexity index is 1100. The highest BCUT2D eigenvalue weighted by Gasteiger charge is 2.16. The van der Waals surface area contributed by atoms with Gasteiger partial charge in [-0.05, 0) is 66.8 Å². The molecule has 4 aromatic rings. The van der Waals surface area contributed by atoms with Crippen molar-refractivity contribution in [2.45, 2.75) is 19.9 Å². The lowest BCUT2D eigenvalue weighted by Gasteiger charge is -2.15. The van der Waals surface area contributed by atoms with E-state index in [4.69, 9.17) is 0 Å². The third kappa shape index (κ3) is 3.47. The first-order chi connectivity index (χ1) is 13.1. The van der Waals surface area contributed by atoms with Gasteiger partial charge in [0.1, 0.15) is 6.04 Å². The van der Waals surface area contributed by atoms with E-state index in [1.807, 2.05) is 91.5 Å². The number of nitrogens with one attached hydrogen (secondary N) is 1. The molecule has 134 valence electrons. The first-order valence-corrected chi connectivity index (χ1v) is 9.01. The highest BCUT2D eigenvalue weighted by atomic mass is 16.2. The summed E-state index contributed by atoms with van der Waals surface area (Å²) in [4.78, 5) is 16.9. The van der Waals surface area contributed by atoms with Crippen LogP contribution in [0.4, 0.5) is 5.69 Å². The average Bonchev–Trinajstić information content (AvgIpc) is 3.12. The number of carbonyl (C=O) groups excluding carboxylic acids is 1. The topological polar surface area (TPSA) is 46.9 Å². The summed E-state index contributed by atoms with van der Waals surface area (Å²) in [5.74, 6) is -0.0381. The van der Waals surface area contributed by atoms with Gasteiger partial charge in [0.15, 0.2) is 0 Å². The third-order valence-corrected chi connectivity index (χ3v) is 4.81. The Balaban J connectivity index is 1.51. The summed E-state index contributed by atoms with van der Waals surface area (Å²) in [6.07, 6.45) is 3.77. The Labute approximate surface area is 158 Å². The number of fused-ring (bicyclic) bond motifs is 1. The second-order valence-electron chi connectivity index (χ2n) is 6.71. The van der Waals surface area contributed by atoms with Crippen molar-refractivity contribution in [1.29, 1.82) is 0 Å². The maximum absolute atomic E-state index is 12.7. The lowest BCUT2D eigenvalue weighted by atomic mass is 10.1. The average molecular weight is 355 g/mol. The second-order valence-corrected chi connectivity index (χ2v) is 6.71. The van der Waals surface area contributed by atoms with Crippen LogP contribution in [-0.2, 0) is 4.79 Å². The van der Waals surface area contributed by atoms with Crippen LogP contribution in [-0.4, -0.2) is 15.5 Å². The third-order valence-electron chi connectivity index (χ3n) is 4.81. The van der Waals surface area contributed by atoms with Crippen molar-refractivity contribution in [2.75, 3.05) is 5.32 Å². The molecule has 1 atom stereocenters. The molecule has 1 N–H and O–H groups in total. The van der Waals surface area contributed by atoms with Gasteiger partial charge in [-0.1, -0.05) is 30.3 Å². The Hall–Kier alpha value is -3.40. The number of carbonyl (C=O) groups is 1. The zero-order valence-corrected chi connectivity index (χ0v) is 15.4. The van der Waals surface area contributed by atoms with Crippen molar-refractivity contribution in [3.05, 3.63) is 84.8 Å². The molecule has 0 saturated heterocycles. The van der Waals surface area contributed by atoms with Crippen LogP contribution in [0.15, 0.2) is 79.1 Å². The standard InChI is InChI=1S/C23H21N3O/c1-16-15-20(11-13-24-16)18-7-9-21(10-8-18)25-23(27)17(2)26-14-12-19-5-3-4-6-22(19)26/h3-15,17H,1-2H3,(H,25,27). The molecule has 0 radical (unpaired) electrons. The van der Waals surface area contributed by atoms with E-state index in [1.165, 1.54) is 0 Å². The fraction of sp³-hybridized carbons (Fsp3) is 0.130. The largest absolute Gasteiger partial charge is 0.335 e. The van der Waals surface area contributed by atoms with Crippen molar-refractivity contribution in [3.8, 4) is 11.1 Å². The highest BCUT2D eigenvalue weighted by Crippen LogP contribution is 2.23. The smallest absolute Gasteiger partial charge is 0.247 e. The van der Waals surface area contributed by atoms with Gasteiger partial charge in [0.25, 0.3) is 0 Å². The molecule has 1 amide bonds. The Morgan fingerprint density at radius 2 is 1.78 bits per heavy atom. The number of anilines is 1. The molecule has 0 aliphatic heterocycles. The van der Waals surface area contributed by atoms with Crippen molar-refractivity contribution < 1.29 is 4.79 Å². The molecular formula is C23H21N3O. The molecule has 0 aliphatic carbocycles. The number of aromatic nitrogens is 2. The first-order valence-electron chi connectivity index (χ1n) is 9.01. The van der Waals surface area contributed by atoms with E-state index in [-0.39, 0.29) is 11.9 Å². The predicted octanol–water partition coefficient (Wildman–Crippen LogP) is 5.21. The van der Waals surface area contributed by atoms with Gasteiger partial charge in [0.2, 0.25) is 5.91 Å². The van der Waals surface area contributed by atoms with Crippen LogP contribution < -0.4 is 5.32 Å². The predicted molar refractivity (Wildman–Crippen MR) is 110 cm³/mol. The fourth-order valence-corrected chi connectivity index (χ4v) is 3.29. The van der Waals surface area contributed by atoms with Crippen LogP contribution in [0.3, 0.4) is 0 Å². The number of rotatable bonds is 4. The summed E-state index contributed by atoms with van der Waals surface area (Å²) >= 11 is 0. The zero-order chi connectivity index (χ0) is 18.8. The lowest BCUT2D eigenvalue weighted by molar-refractivity contribution is -0.118. The van der Waals surface area contributed by atoms with Gasteiger partial charge in [-0.15, -0.1) is 0 Å². The van der Waals surface area contributed by atoms with Crippen molar-refractivity contribution >= 4 is 22.5 Å². The van der Waals surface area contributed by atoms with Crippen molar-refractivity contribution in [3.63, 3.8) is 0 Å². The molecule has 0 bridgehead atoms. The maximum Gasteiger partial charge on any atom is 0.247 e. The van der Waals surface area contributed by atoms with E-state index in [0.717, 1.165) is 33.4 Å². The van der Waals surface area contributed by atoms with Gasteiger partial charge in [-0.2, -0.15) is 0 Å². The number of aryl methyl sites for hydroxylation is 1. The molecule has 2 heterocycles. The number of pyridine rings is 1. The van der Waals surface area contributed by atoms with Crippen LogP contribution in [0.25, 0.3) is 22.0 Å². The molecule has 27 heavy (non-hydrogen) atoms. The molecular weight excluding hydrogens is 334 g/mol. The van der Waals surface area contributed by atoms with E-state index in [0.29, 0.717) is 0 Å². The van der Waals surface area contributed by atoms with E-state index < -0.39 is 0 Å². The van der Waals surface area contributed by atoms with Gasteiger partial charge < -0.3 is 9.88 Å². The maximum atomic E-state index is 12.7. The van der Waals surface area contributed by atoms with Gasteiger partial charge in [0, 0.05) is 29.3 Å². The van der Waals surface area contributed by atoms with Crippen molar-refractivity contribution in [1.82, 2.24) is 9.55 Å². The quantitative estimate of drug-likeness (QED) is 0.546. The fourth-order valence-electron chi connectivity index (χ4n) is 3.29. The molecule has 2 aromatic heterocycles. The lowest BCUT2D eigenvalue weighted by Crippen LogP contribution is -2.23. The van der Waals surface area contributed by atoms with E-state index in [2.05, 4.69) is 16.4 Å². The molecule has 2 aromatic carbocycles. The summed E-state index contributed by atoms with van der Waals surface area (Å²) in [7, 11) is 0. The molecule has 0 saturated carbocycles. The minimum absolute atomic E-state index is 0.0381. The zero-order valence-electron chi connectivity index (χ0n) is 15.4. The normalized spacial score (nSPS) is 12.1. The number of nitrogens with zero attached hydrogens (tertiary/aromatic N) is 2. The number of amides is 1. The first kappa shape index (κ1) is 17.0. The molecule has 4 rings (SSSR count). The molecule has 0 aliphatic rings. The molecule has 1 unspecified atom stereocenters. The number of para-hydroxylation sites is 1. The Morgan fingerprint density at radius 1 is 1.00 bits per heavy atom. The number of hydrogen-bond acceptors (Lipinski definition) is 2. The minimum atomic E-state index is -0.299. The molecule has 4 nitrogen and oxygen atoms in total. The molecule has 0 fully saturated rings. The highest BCUT2D eigenvalue weighted by molar-refractivity contribution is 5.95. The summed E-state index contributed by atoms with van der Waals surface area (Å²) in [5.41, 5.74) is 5.05. The monoisotopic (exact) mass is 355 g/mol. The summed E-state index contributed by atoms with van der Waals surface area (Å²) in [6.45, 7) is 3.89. The summed E-state index contributed by atoms with van der Waals surface area (Å²) < 4.78 is 2.00. The van der Waals surface area contributed by atoms with Gasteiger partial charge in [-0.25, -0.2) is 0 Å². The van der Waals surface area contributed by atoms with E-state index in [1.54, 1.807) is 0 Å². The second kappa shape index (κ2) is 7.08. The van der Waals surface area contributed by atoms with E-state index in [9.17, 15) is 4.79 Å². The SMILES string of the molecule is Cc1cc(-c2ccc(NC(=O)C(C)n3ccc4ccccc43)cc2)ccn1. The van der Waals surface area contributed by atoms with E-state index >= 15 is 0 Å².